The smallest absolute Gasteiger partial charge is 0.264 e. The average Bonchev–Trinajstić information content (AvgIpc) is 1.81. The van der Waals surface area contributed by atoms with Crippen LogP contribution in [0.15, 0.2) is 0 Å². The molecule has 0 fully saturated rings. The van der Waals surface area contributed by atoms with Crippen LogP contribution in [0.1, 0.15) is 0 Å². The van der Waals surface area contributed by atoms with Crippen LogP contribution in [0.3, 0.4) is 0 Å². The van der Waals surface area contributed by atoms with E-state index >= 15 is 0 Å². The highest BCUT2D eigenvalue weighted by Crippen LogP contribution is 2.13. The number of nitrogens with zero attached hydrogens (tertiary/aromatic N) is 2. The molecule has 0 aliphatic heterocycles. The highest BCUT2D eigenvalue weighted by molar-refractivity contribution is 6.76. The van der Waals surface area contributed by atoms with Crippen molar-refractivity contribution in [2.75, 3.05) is 6.54 Å². The Morgan fingerprint density at radius 1 is 1.23 bits per heavy atom. The van der Waals surface area contributed by atoms with Crippen molar-refractivity contribution in [3.63, 3.8) is 0 Å². The highest BCUT2D eigenvalue weighted by Gasteiger charge is 2.32. The lowest BCUT2D eigenvalue weighted by atomic mass is 10.4. The zero-order valence-electron chi connectivity index (χ0n) is 8.02. The minimum atomic E-state index is -1.60. The maximum Gasteiger partial charge on any atom is 0.273 e. The van der Waals surface area contributed by atoms with Crippen LogP contribution in [0.5, 0.6) is 0 Å². The van der Waals surface area contributed by atoms with Gasteiger partial charge in [0.15, 0.2) is 0 Å². The molecule has 1 unspecified atom stereocenters. The lowest BCUT2D eigenvalue weighted by Crippen LogP contribution is -2.36. The zero-order chi connectivity index (χ0) is 10.6. The Morgan fingerprint density at radius 3 is 1.92 bits per heavy atom. The molecule has 7 heteroatoms. The molecule has 0 saturated heterocycles. The normalized spacial score (nSPS) is 13.8. The molecule has 0 spiro atoms. The van der Waals surface area contributed by atoms with Crippen LogP contribution in [0.2, 0.25) is 25.7 Å². The molecule has 6 nitrogen and oxygen atoms in total. The molecule has 0 aliphatic carbocycles. The van der Waals surface area contributed by atoms with Gasteiger partial charge in [0.25, 0.3) is 12.6 Å². The minimum absolute atomic E-state index is 0.362. The summed E-state index contributed by atoms with van der Waals surface area (Å²) in [5.74, 6) is 0. The average molecular weight is 206 g/mol. The third-order valence-electron chi connectivity index (χ3n) is 1.51. The van der Waals surface area contributed by atoms with Gasteiger partial charge < -0.3 is 0 Å². The molecule has 1 atom stereocenters. The van der Waals surface area contributed by atoms with E-state index in [0.29, 0.717) is 6.04 Å². The Hall–Kier alpha value is -0.983. The van der Waals surface area contributed by atoms with Crippen LogP contribution in [0.25, 0.3) is 0 Å². The summed E-state index contributed by atoms with van der Waals surface area (Å²) in [4.78, 5) is 19.4. The van der Waals surface area contributed by atoms with E-state index in [0.717, 1.165) is 0 Å². The van der Waals surface area contributed by atoms with Crippen molar-refractivity contribution in [1.29, 1.82) is 0 Å². The fourth-order valence-corrected chi connectivity index (χ4v) is 2.78. The van der Waals surface area contributed by atoms with Gasteiger partial charge in [0.1, 0.15) is 0 Å². The SMILES string of the molecule is C[Si](C)(C)CC(C[N+](=O)[O-])[N+](=O)[O-]. The monoisotopic (exact) mass is 206 g/mol. The Kier molecular flexibility index (Phi) is 3.98. The minimum Gasteiger partial charge on any atom is -0.264 e. The molecule has 76 valence electrons. The Labute approximate surface area is 77.3 Å². The summed E-state index contributed by atoms with van der Waals surface area (Å²) in [6, 6.07) is -0.650. The number of hydrogen-bond donors (Lipinski definition) is 0. The molecule has 0 aliphatic rings. The van der Waals surface area contributed by atoms with Gasteiger partial charge in [-0.05, 0) is 0 Å². The van der Waals surface area contributed by atoms with E-state index in [1.54, 1.807) is 0 Å². The van der Waals surface area contributed by atoms with Crippen molar-refractivity contribution >= 4 is 8.07 Å². The molecule has 0 N–H and O–H groups in total. The first-order valence-corrected chi connectivity index (χ1v) is 7.68. The summed E-state index contributed by atoms with van der Waals surface area (Å²) in [6.07, 6.45) is 0. The van der Waals surface area contributed by atoms with Gasteiger partial charge in [-0.3, -0.25) is 20.2 Å². The van der Waals surface area contributed by atoms with Crippen LogP contribution in [-0.4, -0.2) is 30.5 Å². The Bertz CT molecular complexity index is 213. The topological polar surface area (TPSA) is 86.3 Å². The zero-order valence-corrected chi connectivity index (χ0v) is 9.02. The van der Waals surface area contributed by atoms with Crippen molar-refractivity contribution in [1.82, 2.24) is 0 Å². The molecule has 0 aromatic rings. The molecule has 0 saturated carbocycles. The van der Waals surface area contributed by atoms with E-state index in [-0.39, 0.29) is 0 Å². The van der Waals surface area contributed by atoms with E-state index in [4.69, 9.17) is 0 Å². The second-order valence-corrected chi connectivity index (χ2v) is 9.75. The van der Waals surface area contributed by atoms with Gasteiger partial charge in [-0.25, -0.2) is 0 Å². The first-order chi connectivity index (χ1) is 5.72. The molecule has 0 amide bonds. The highest BCUT2D eigenvalue weighted by atomic mass is 28.3. The molecule has 0 bridgehead atoms. The molecule has 0 radical (unpaired) electrons. The summed E-state index contributed by atoms with van der Waals surface area (Å²) < 4.78 is 0. The van der Waals surface area contributed by atoms with Crippen LogP contribution in [-0.2, 0) is 0 Å². The first kappa shape index (κ1) is 12.0. The van der Waals surface area contributed by atoms with E-state index < -0.39 is 30.5 Å². The van der Waals surface area contributed by atoms with Crippen LogP contribution in [0.4, 0.5) is 0 Å². The van der Waals surface area contributed by atoms with Crippen LogP contribution >= 0.6 is 0 Å². The van der Waals surface area contributed by atoms with Gasteiger partial charge in [-0.2, -0.15) is 0 Å². The molecule has 0 rings (SSSR count). The standard InChI is InChI=1S/C6H14N2O4Si/c1-13(2,3)5-6(8(11)12)4-7(9)10/h6H,4-5H2,1-3H3. The van der Waals surface area contributed by atoms with E-state index in [1.807, 2.05) is 19.6 Å². The van der Waals surface area contributed by atoms with E-state index in [1.165, 1.54) is 0 Å². The fraction of sp³-hybridized carbons (Fsp3) is 1.00. The molecular weight excluding hydrogens is 192 g/mol. The molecule has 0 heterocycles. The molecule has 0 aromatic heterocycles. The molecule has 0 aromatic carbocycles. The van der Waals surface area contributed by atoms with E-state index in [9.17, 15) is 20.2 Å². The first-order valence-electron chi connectivity index (χ1n) is 3.97. The molecular formula is C6H14N2O4Si. The lowest BCUT2D eigenvalue weighted by Gasteiger charge is -2.16. The summed E-state index contributed by atoms with van der Waals surface area (Å²) in [6.45, 7) is 5.33. The Balaban J connectivity index is 4.27. The van der Waals surface area contributed by atoms with Gasteiger partial charge >= 0.3 is 0 Å². The van der Waals surface area contributed by atoms with Crippen molar-refractivity contribution in [2.45, 2.75) is 31.7 Å². The quantitative estimate of drug-likeness (QED) is 0.385. The molecule has 13 heavy (non-hydrogen) atoms. The summed E-state index contributed by atoms with van der Waals surface area (Å²) in [5, 5.41) is 20.6. The van der Waals surface area contributed by atoms with Crippen molar-refractivity contribution in [2.24, 2.45) is 0 Å². The number of nitro groups is 2. The van der Waals surface area contributed by atoms with Crippen molar-refractivity contribution < 1.29 is 9.85 Å². The van der Waals surface area contributed by atoms with Gasteiger partial charge in [0, 0.05) is 15.9 Å². The Morgan fingerprint density at radius 2 is 1.69 bits per heavy atom. The number of rotatable bonds is 5. The van der Waals surface area contributed by atoms with E-state index in [2.05, 4.69) is 0 Å². The van der Waals surface area contributed by atoms with Gasteiger partial charge in [0.2, 0.25) is 0 Å². The predicted octanol–water partition coefficient (Wildman–Crippen LogP) is 1.25. The van der Waals surface area contributed by atoms with Crippen LogP contribution in [0, 0.1) is 20.2 Å². The van der Waals surface area contributed by atoms with Crippen molar-refractivity contribution in [3.05, 3.63) is 20.2 Å². The summed E-state index contributed by atoms with van der Waals surface area (Å²) in [7, 11) is -1.60. The summed E-state index contributed by atoms with van der Waals surface area (Å²) in [5.41, 5.74) is 0. The van der Waals surface area contributed by atoms with Gasteiger partial charge in [0.05, 0.1) is 8.07 Å². The maximum absolute atomic E-state index is 10.4. The lowest BCUT2D eigenvalue weighted by molar-refractivity contribution is -0.584. The third kappa shape index (κ3) is 6.20. The second kappa shape index (κ2) is 4.31. The fourth-order valence-electron chi connectivity index (χ4n) is 1.08. The van der Waals surface area contributed by atoms with Crippen LogP contribution < -0.4 is 0 Å². The van der Waals surface area contributed by atoms with Gasteiger partial charge in [-0.1, -0.05) is 19.6 Å². The predicted molar refractivity (Wildman–Crippen MR) is 50.8 cm³/mol. The second-order valence-electron chi connectivity index (χ2n) is 4.22. The van der Waals surface area contributed by atoms with Gasteiger partial charge in [-0.15, -0.1) is 0 Å². The largest absolute Gasteiger partial charge is 0.273 e. The number of hydrogen-bond acceptors (Lipinski definition) is 4. The maximum atomic E-state index is 10.4. The third-order valence-corrected chi connectivity index (χ3v) is 3.20. The van der Waals surface area contributed by atoms with Crippen molar-refractivity contribution in [3.8, 4) is 0 Å². The summed E-state index contributed by atoms with van der Waals surface area (Å²) >= 11 is 0.